The quantitative estimate of drug-likeness (QED) is 0.662. The van der Waals surface area contributed by atoms with E-state index in [1.54, 1.807) is 7.11 Å². The van der Waals surface area contributed by atoms with Gasteiger partial charge in [0.2, 0.25) is 5.92 Å². The lowest BCUT2D eigenvalue weighted by Gasteiger charge is -2.21. The van der Waals surface area contributed by atoms with E-state index >= 15 is 0 Å². The average Bonchev–Trinajstić information content (AvgIpc) is 2.57. The molecule has 1 aliphatic rings. The minimum absolute atomic E-state index is 0.0639. The largest absolute Gasteiger partial charge is 0.383 e. The van der Waals surface area contributed by atoms with Crippen molar-refractivity contribution in [3.63, 3.8) is 0 Å². The first-order chi connectivity index (χ1) is 8.03. The Morgan fingerprint density at radius 3 is 2.76 bits per heavy atom. The molecule has 0 saturated heterocycles. The van der Waals surface area contributed by atoms with Crippen LogP contribution in [0.2, 0.25) is 0 Å². The molecule has 3 nitrogen and oxygen atoms in total. The van der Waals surface area contributed by atoms with E-state index in [-0.39, 0.29) is 18.8 Å². The van der Waals surface area contributed by atoms with Crippen LogP contribution in [0.3, 0.4) is 0 Å². The number of halogens is 2. The number of methoxy groups -OCH3 is 1. The number of hydrogen-bond donors (Lipinski definition) is 1. The predicted molar refractivity (Wildman–Crippen MR) is 64.5 cm³/mol. The Bertz CT molecular complexity index is 215. The lowest BCUT2D eigenvalue weighted by atomic mass is 10.1. The van der Waals surface area contributed by atoms with Gasteiger partial charge in [-0.15, -0.1) is 0 Å². The van der Waals surface area contributed by atoms with Crippen LogP contribution in [-0.2, 0) is 4.74 Å². The second-order valence-electron chi connectivity index (χ2n) is 4.97. The Balaban J connectivity index is 2.03. The SMILES string of the molecule is COCCNCCN(C)CC1CCC(F)(F)C1. The fraction of sp³-hybridized carbons (Fsp3) is 1.00. The van der Waals surface area contributed by atoms with E-state index in [1.165, 1.54) is 0 Å². The molecule has 0 amide bonds. The Labute approximate surface area is 103 Å². The van der Waals surface area contributed by atoms with Crippen LogP contribution in [0.5, 0.6) is 0 Å². The maximum absolute atomic E-state index is 13.0. The van der Waals surface area contributed by atoms with Gasteiger partial charge in [-0.3, -0.25) is 0 Å². The summed E-state index contributed by atoms with van der Waals surface area (Å²) in [7, 11) is 3.67. The minimum Gasteiger partial charge on any atom is -0.383 e. The molecule has 1 unspecified atom stereocenters. The van der Waals surface area contributed by atoms with Crippen molar-refractivity contribution in [2.45, 2.75) is 25.2 Å². The third-order valence-corrected chi connectivity index (χ3v) is 3.23. The van der Waals surface area contributed by atoms with Crippen LogP contribution in [0, 0.1) is 5.92 Å². The molecular formula is C12H24F2N2O. The van der Waals surface area contributed by atoms with Gasteiger partial charge in [0.1, 0.15) is 0 Å². The van der Waals surface area contributed by atoms with Crippen molar-refractivity contribution in [3.8, 4) is 0 Å². The van der Waals surface area contributed by atoms with E-state index in [0.29, 0.717) is 13.0 Å². The van der Waals surface area contributed by atoms with E-state index in [0.717, 1.165) is 26.2 Å². The standard InChI is InChI=1S/C12H24F2N2O/c1-16(7-5-15-6-8-17-2)10-11-3-4-12(13,14)9-11/h11,15H,3-10H2,1-2H3. The highest BCUT2D eigenvalue weighted by atomic mass is 19.3. The van der Waals surface area contributed by atoms with E-state index < -0.39 is 5.92 Å². The Morgan fingerprint density at radius 2 is 2.18 bits per heavy atom. The predicted octanol–water partition coefficient (Wildman–Crippen LogP) is 1.59. The summed E-state index contributed by atoms with van der Waals surface area (Å²) in [5, 5.41) is 3.24. The fourth-order valence-corrected chi connectivity index (χ4v) is 2.30. The number of likely N-dealkylation sites (N-methyl/N-ethyl adjacent to an activating group) is 1. The number of ether oxygens (including phenoxy) is 1. The van der Waals surface area contributed by atoms with Crippen LogP contribution in [-0.4, -0.2) is 57.8 Å². The highest BCUT2D eigenvalue weighted by molar-refractivity contribution is 4.82. The van der Waals surface area contributed by atoms with Gasteiger partial charge in [0.05, 0.1) is 6.61 Å². The molecule has 0 aromatic heterocycles. The van der Waals surface area contributed by atoms with Crippen LogP contribution in [0.25, 0.3) is 0 Å². The second kappa shape index (κ2) is 7.24. The third-order valence-electron chi connectivity index (χ3n) is 3.23. The zero-order valence-corrected chi connectivity index (χ0v) is 10.8. The second-order valence-corrected chi connectivity index (χ2v) is 4.97. The highest BCUT2D eigenvalue weighted by Crippen LogP contribution is 2.38. The van der Waals surface area contributed by atoms with Crippen molar-refractivity contribution < 1.29 is 13.5 Å². The number of nitrogens with zero attached hydrogens (tertiary/aromatic N) is 1. The van der Waals surface area contributed by atoms with E-state index in [4.69, 9.17) is 4.74 Å². The van der Waals surface area contributed by atoms with Crippen molar-refractivity contribution in [1.82, 2.24) is 10.2 Å². The van der Waals surface area contributed by atoms with Crippen molar-refractivity contribution in [2.75, 3.05) is 46.9 Å². The Kier molecular flexibility index (Phi) is 6.30. The van der Waals surface area contributed by atoms with Crippen molar-refractivity contribution in [3.05, 3.63) is 0 Å². The van der Waals surface area contributed by atoms with Crippen LogP contribution < -0.4 is 5.32 Å². The van der Waals surface area contributed by atoms with E-state index in [9.17, 15) is 8.78 Å². The van der Waals surface area contributed by atoms with Gasteiger partial charge in [0.25, 0.3) is 0 Å². The molecule has 5 heteroatoms. The molecule has 0 heterocycles. The summed E-state index contributed by atoms with van der Waals surface area (Å²) in [5.41, 5.74) is 0. The highest BCUT2D eigenvalue weighted by Gasteiger charge is 2.39. The molecule has 1 saturated carbocycles. The molecule has 1 rings (SSSR count). The molecule has 0 spiro atoms. The summed E-state index contributed by atoms with van der Waals surface area (Å²) < 4.78 is 30.9. The van der Waals surface area contributed by atoms with E-state index in [1.807, 2.05) is 7.05 Å². The van der Waals surface area contributed by atoms with Crippen molar-refractivity contribution >= 4 is 0 Å². The zero-order valence-electron chi connectivity index (χ0n) is 10.8. The Morgan fingerprint density at radius 1 is 1.41 bits per heavy atom. The molecule has 0 bridgehead atoms. The van der Waals surface area contributed by atoms with Crippen molar-refractivity contribution in [2.24, 2.45) is 5.92 Å². The molecule has 1 N–H and O–H groups in total. The smallest absolute Gasteiger partial charge is 0.248 e. The van der Waals surface area contributed by atoms with Crippen LogP contribution in [0.1, 0.15) is 19.3 Å². The van der Waals surface area contributed by atoms with Gasteiger partial charge in [-0.1, -0.05) is 0 Å². The summed E-state index contributed by atoms with van der Waals surface area (Å²) in [6.07, 6.45) is 0.792. The van der Waals surface area contributed by atoms with Crippen LogP contribution in [0.4, 0.5) is 8.78 Å². The van der Waals surface area contributed by atoms with Gasteiger partial charge >= 0.3 is 0 Å². The molecule has 1 fully saturated rings. The maximum atomic E-state index is 13.0. The molecule has 1 atom stereocenters. The molecule has 0 radical (unpaired) electrons. The third kappa shape index (κ3) is 6.29. The molecule has 0 aromatic rings. The first kappa shape index (κ1) is 14.8. The zero-order chi connectivity index (χ0) is 12.7. The summed E-state index contributed by atoms with van der Waals surface area (Å²) in [6, 6.07) is 0. The van der Waals surface area contributed by atoms with Gasteiger partial charge in [-0.2, -0.15) is 0 Å². The molecule has 102 valence electrons. The summed E-state index contributed by atoms with van der Waals surface area (Å²) in [6.45, 7) is 4.10. The fourth-order valence-electron chi connectivity index (χ4n) is 2.30. The van der Waals surface area contributed by atoms with E-state index in [2.05, 4.69) is 10.2 Å². The monoisotopic (exact) mass is 250 g/mol. The molecule has 0 aromatic carbocycles. The first-order valence-electron chi connectivity index (χ1n) is 6.29. The first-order valence-corrected chi connectivity index (χ1v) is 6.29. The maximum Gasteiger partial charge on any atom is 0.248 e. The lowest BCUT2D eigenvalue weighted by Crippen LogP contribution is -2.33. The molecule has 0 aliphatic heterocycles. The van der Waals surface area contributed by atoms with Crippen LogP contribution >= 0.6 is 0 Å². The van der Waals surface area contributed by atoms with Gasteiger partial charge in [-0.25, -0.2) is 8.78 Å². The molecule has 1 aliphatic carbocycles. The number of rotatable bonds is 8. The summed E-state index contributed by atoms with van der Waals surface area (Å²) in [5.74, 6) is -2.25. The summed E-state index contributed by atoms with van der Waals surface area (Å²) >= 11 is 0. The van der Waals surface area contributed by atoms with Gasteiger partial charge < -0.3 is 15.0 Å². The molecular weight excluding hydrogens is 226 g/mol. The van der Waals surface area contributed by atoms with Crippen LogP contribution in [0.15, 0.2) is 0 Å². The normalized spacial score (nSPS) is 23.5. The number of alkyl halides is 2. The lowest BCUT2D eigenvalue weighted by molar-refractivity contribution is 0.00382. The van der Waals surface area contributed by atoms with Crippen molar-refractivity contribution in [1.29, 1.82) is 0 Å². The Hall–Kier alpha value is -0.260. The van der Waals surface area contributed by atoms with Gasteiger partial charge in [0, 0.05) is 46.1 Å². The molecule has 17 heavy (non-hydrogen) atoms. The van der Waals surface area contributed by atoms with Gasteiger partial charge in [0.15, 0.2) is 0 Å². The summed E-state index contributed by atoms with van der Waals surface area (Å²) in [4.78, 5) is 2.13. The average molecular weight is 250 g/mol. The topological polar surface area (TPSA) is 24.5 Å². The minimum atomic E-state index is -2.41. The number of nitrogens with one attached hydrogen (secondary N) is 1. The number of hydrogen-bond acceptors (Lipinski definition) is 3. The van der Waals surface area contributed by atoms with Gasteiger partial charge in [-0.05, 0) is 19.4 Å².